The van der Waals surface area contributed by atoms with Gasteiger partial charge in [-0.2, -0.15) is 9.98 Å². The molecule has 0 radical (unpaired) electrons. The van der Waals surface area contributed by atoms with Gasteiger partial charge in [-0.05, 0) is 36.4 Å². The van der Waals surface area contributed by atoms with Crippen molar-refractivity contribution in [2.75, 3.05) is 13.6 Å². The van der Waals surface area contributed by atoms with Crippen LogP contribution in [0.15, 0.2) is 82.8 Å². The molecule has 0 saturated heterocycles. The number of benzene rings is 3. The molecule has 0 aromatic heterocycles. The highest BCUT2D eigenvalue weighted by molar-refractivity contribution is 5.64. The zero-order chi connectivity index (χ0) is 18.3. The standard InChI is InChI=1S/C21H16N2O4/c1-3-10-20-18(8-1)22-13-23-19-9-2-4-11-21(19)27-15-25-17-7-5-6-16(12-17)24-14-26-20/h1-12H,14-15H2. The molecule has 2 bridgehead atoms. The molecule has 0 fully saturated rings. The summed E-state index contributed by atoms with van der Waals surface area (Å²) in [6.45, 7) is 0.0684. The van der Waals surface area contributed by atoms with Crippen LogP contribution in [0.2, 0.25) is 0 Å². The molecule has 1 aliphatic rings. The minimum absolute atomic E-state index is 0.0342. The van der Waals surface area contributed by atoms with Crippen LogP contribution >= 0.6 is 0 Å². The largest absolute Gasteiger partial charge is 0.457 e. The van der Waals surface area contributed by atoms with Gasteiger partial charge in [-0.25, -0.2) is 0 Å². The van der Waals surface area contributed by atoms with E-state index in [-0.39, 0.29) is 13.6 Å². The lowest BCUT2D eigenvalue weighted by molar-refractivity contribution is 0.113. The van der Waals surface area contributed by atoms with Gasteiger partial charge in [0.1, 0.15) is 40.4 Å². The first-order valence-electron chi connectivity index (χ1n) is 8.34. The van der Waals surface area contributed by atoms with Gasteiger partial charge in [-0.1, -0.05) is 30.3 Å². The summed E-state index contributed by atoms with van der Waals surface area (Å²) < 4.78 is 22.6. The number of ether oxygens (including phenoxy) is 4. The van der Waals surface area contributed by atoms with Crippen molar-refractivity contribution in [1.82, 2.24) is 0 Å². The molecule has 1 aliphatic heterocycles. The number of rotatable bonds is 0. The average molecular weight is 360 g/mol. The van der Waals surface area contributed by atoms with Gasteiger partial charge in [0, 0.05) is 6.07 Å². The molecule has 0 unspecified atom stereocenters. The van der Waals surface area contributed by atoms with E-state index in [1.807, 2.05) is 66.7 Å². The average Bonchev–Trinajstić information content (AvgIpc) is 2.70. The van der Waals surface area contributed by atoms with Gasteiger partial charge in [-0.15, -0.1) is 0 Å². The summed E-state index contributed by atoms with van der Waals surface area (Å²) in [5, 5.41) is 0. The molecule has 0 N–H and O–H groups in total. The fourth-order valence-electron chi connectivity index (χ4n) is 2.45. The number of hydrogen-bond acceptors (Lipinski definition) is 6. The summed E-state index contributed by atoms with van der Waals surface area (Å²) in [5.74, 6) is 2.40. The molecule has 3 aromatic carbocycles. The zero-order valence-electron chi connectivity index (χ0n) is 14.4. The molecule has 6 nitrogen and oxygen atoms in total. The monoisotopic (exact) mass is 360 g/mol. The van der Waals surface area contributed by atoms with Crippen LogP contribution in [-0.2, 0) is 0 Å². The van der Waals surface area contributed by atoms with E-state index >= 15 is 0 Å². The van der Waals surface area contributed by atoms with E-state index in [1.165, 1.54) is 0 Å². The second kappa shape index (κ2) is 8.08. The summed E-state index contributed by atoms with van der Waals surface area (Å²) in [6, 6.07) is 24.7. The fraction of sp³-hybridized carbons (Fsp3) is 0.0952. The highest BCUT2D eigenvalue weighted by Gasteiger charge is 2.05. The first-order chi connectivity index (χ1) is 13.4. The van der Waals surface area contributed by atoms with Crippen LogP contribution in [-0.4, -0.2) is 19.6 Å². The van der Waals surface area contributed by atoms with Crippen LogP contribution in [0.25, 0.3) is 0 Å². The molecular formula is C21H16N2O4. The molecule has 0 atom stereocenters. The van der Waals surface area contributed by atoms with Gasteiger partial charge in [0.2, 0.25) is 13.6 Å². The first kappa shape index (κ1) is 16.7. The van der Waals surface area contributed by atoms with Crippen LogP contribution in [0.4, 0.5) is 11.4 Å². The van der Waals surface area contributed by atoms with E-state index in [4.69, 9.17) is 18.9 Å². The third kappa shape index (κ3) is 4.26. The highest BCUT2D eigenvalue weighted by atomic mass is 16.7. The van der Waals surface area contributed by atoms with Crippen molar-refractivity contribution < 1.29 is 18.9 Å². The zero-order valence-corrected chi connectivity index (χ0v) is 14.4. The van der Waals surface area contributed by atoms with Crippen molar-refractivity contribution in [3.8, 4) is 23.0 Å². The second-order valence-electron chi connectivity index (χ2n) is 5.55. The Morgan fingerprint density at radius 1 is 0.593 bits per heavy atom. The van der Waals surface area contributed by atoms with Crippen molar-refractivity contribution in [2.24, 2.45) is 9.98 Å². The molecule has 6 heteroatoms. The lowest BCUT2D eigenvalue weighted by Crippen LogP contribution is -2.07. The number of para-hydroxylation sites is 4. The quantitative estimate of drug-likeness (QED) is 0.568. The Balaban J connectivity index is 1.70. The number of nitrogens with zero attached hydrogens (tertiary/aromatic N) is 2. The number of aliphatic imine (C=N–C) groups is 2. The second-order valence-corrected chi connectivity index (χ2v) is 5.55. The Kier molecular flexibility index (Phi) is 5.00. The summed E-state index contributed by atoms with van der Waals surface area (Å²) in [4.78, 5) is 8.51. The summed E-state index contributed by atoms with van der Waals surface area (Å²) in [5.41, 5.74) is 1.21. The molecule has 1 heterocycles. The Morgan fingerprint density at radius 2 is 1.11 bits per heavy atom. The molecule has 27 heavy (non-hydrogen) atoms. The van der Waals surface area contributed by atoms with E-state index in [9.17, 15) is 0 Å². The first-order valence-corrected chi connectivity index (χ1v) is 8.34. The van der Waals surface area contributed by atoms with Crippen LogP contribution in [0.5, 0.6) is 23.0 Å². The van der Waals surface area contributed by atoms with Crippen LogP contribution in [0.3, 0.4) is 0 Å². The number of hydrogen-bond donors (Lipinski definition) is 0. The summed E-state index contributed by atoms with van der Waals surface area (Å²) >= 11 is 0. The van der Waals surface area contributed by atoms with Crippen LogP contribution < -0.4 is 18.9 Å². The maximum Gasteiger partial charge on any atom is 0.231 e. The maximum atomic E-state index is 5.69. The molecule has 0 amide bonds. The van der Waals surface area contributed by atoms with Crippen LogP contribution in [0, 0.1) is 0 Å². The van der Waals surface area contributed by atoms with Crippen molar-refractivity contribution in [1.29, 1.82) is 0 Å². The van der Waals surface area contributed by atoms with Gasteiger partial charge in [0.15, 0.2) is 0 Å². The van der Waals surface area contributed by atoms with E-state index < -0.39 is 0 Å². The minimum atomic E-state index is 0.0342. The van der Waals surface area contributed by atoms with Gasteiger partial charge >= 0.3 is 0 Å². The number of fused-ring (bicyclic) bond motifs is 4. The van der Waals surface area contributed by atoms with Gasteiger partial charge < -0.3 is 18.9 Å². The predicted octanol–water partition coefficient (Wildman–Crippen LogP) is 4.97. The predicted molar refractivity (Wildman–Crippen MR) is 101 cm³/mol. The third-order valence-electron chi connectivity index (χ3n) is 3.76. The van der Waals surface area contributed by atoms with E-state index in [1.54, 1.807) is 6.07 Å². The lowest BCUT2D eigenvalue weighted by Gasteiger charge is -2.12. The van der Waals surface area contributed by atoms with Crippen molar-refractivity contribution in [2.45, 2.75) is 0 Å². The van der Waals surface area contributed by atoms with Gasteiger partial charge in [-0.3, -0.25) is 0 Å². The molecular weight excluding hydrogens is 344 g/mol. The molecule has 134 valence electrons. The topological polar surface area (TPSA) is 61.6 Å². The molecule has 0 spiro atoms. The van der Waals surface area contributed by atoms with E-state index in [0.29, 0.717) is 34.4 Å². The van der Waals surface area contributed by atoms with Crippen molar-refractivity contribution >= 4 is 17.4 Å². The maximum absolute atomic E-state index is 5.69. The molecule has 3 aromatic rings. The van der Waals surface area contributed by atoms with Crippen molar-refractivity contribution in [3.63, 3.8) is 0 Å². The van der Waals surface area contributed by atoms with Crippen LogP contribution in [0.1, 0.15) is 0 Å². The minimum Gasteiger partial charge on any atom is -0.457 e. The Labute approximate surface area is 156 Å². The third-order valence-corrected chi connectivity index (χ3v) is 3.76. The molecule has 0 aliphatic carbocycles. The van der Waals surface area contributed by atoms with Gasteiger partial charge in [0.05, 0.1) is 0 Å². The molecule has 0 saturated carbocycles. The summed E-state index contributed by atoms with van der Waals surface area (Å²) in [7, 11) is 0. The molecule has 4 rings (SSSR count). The fourth-order valence-corrected chi connectivity index (χ4v) is 2.45. The smallest absolute Gasteiger partial charge is 0.231 e. The normalized spacial score (nSPS) is 13.2. The Hall–Kier alpha value is -3.76. The van der Waals surface area contributed by atoms with E-state index in [2.05, 4.69) is 16.0 Å². The Bertz CT molecular complexity index is 924. The van der Waals surface area contributed by atoms with Gasteiger partial charge in [0.25, 0.3) is 0 Å². The van der Waals surface area contributed by atoms with Crippen molar-refractivity contribution in [3.05, 3.63) is 72.8 Å². The highest BCUT2D eigenvalue weighted by Crippen LogP contribution is 2.29. The lowest BCUT2D eigenvalue weighted by atomic mass is 10.3. The SMILES string of the molecule is C1=Nc2ccccc2OCOc2cccc(c2)OCOc2ccccc2N=1. The van der Waals surface area contributed by atoms with E-state index in [0.717, 1.165) is 0 Å². The Morgan fingerprint density at radius 3 is 1.67 bits per heavy atom. The summed E-state index contributed by atoms with van der Waals surface area (Å²) in [6.07, 6.45) is 0.